The molecule has 3 rings (SSSR count). The van der Waals surface area contributed by atoms with Crippen molar-refractivity contribution in [3.63, 3.8) is 0 Å². The van der Waals surface area contributed by atoms with Gasteiger partial charge in [0.25, 0.3) is 0 Å². The van der Waals surface area contributed by atoms with Crippen molar-refractivity contribution in [1.82, 2.24) is 14.9 Å². The first-order valence-electron chi connectivity index (χ1n) is 7.86. The molecular formula is C15H24N4O2. The first-order valence-corrected chi connectivity index (χ1v) is 7.86. The summed E-state index contributed by atoms with van der Waals surface area (Å²) in [6.07, 6.45) is 5.34. The number of aliphatic hydroxyl groups excluding tert-OH is 1. The molecular weight excluding hydrogens is 268 g/mol. The number of ether oxygens (including phenoxy) is 1. The maximum absolute atomic E-state index is 9.50. The number of nitrogens with zero attached hydrogens (tertiary/aromatic N) is 4. The molecule has 116 valence electrons. The molecule has 2 saturated heterocycles. The van der Waals surface area contributed by atoms with Crippen LogP contribution in [0.1, 0.15) is 25.0 Å². The second-order valence-corrected chi connectivity index (χ2v) is 5.75. The molecule has 1 aromatic rings. The van der Waals surface area contributed by atoms with Crippen LogP contribution < -0.4 is 4.90 Å². The number of aliphatic hydroxyl groups is 1. The molecule has 1 unspecified atom stereocenters. The Labute approximate surface area is 125 Å². The van der Waals surface area contributed by atoms with Crippen LogP contribution in [0.3, 0.4) is 0 Å². The normalized spacial score (nSPS) is 24.2. The third kappa shape index (κ3) is 3.70. The molecule has 0 aromatic carbocycles. The highest BCUT2D eigenvalue weighted by atomic mass is 16.5. The number of anilines is 1. The molecule has 21 heavy (non-hydrogen) atoms. The highest BCUT2D eigenvalue weighted by molar-refractivity contribution is 5.30. The maximum Gasteiger partial charge on any atom is 0.225 e. The summed E-state index contributed by atoms with van der Waals surface area (Å²) in [5.74, 6) is 0.799. The summed E-state index contributed by atoms with van der Waals surface area (Å²) in [5, 5.41) is 9.50. The van der Waals surface area contributed by atoms with Crippen LogP contribution in [0, 0.1) is 0 Å². The Kier molecular flexibility index (Phi) is 5.00. The Balaban J connectivity index is 1.67. The smallest absolute Gasteiger partial charge is 0.225 e. The van der Waals surface area contributed by atoms with Gasteiger partial charge in [-0.15, -0.1) is 0 Å². The molecule has 0 radical (unpaired) electrons. The van der Waals surface area contributed by atoms with Crippen LogP contribution >= 0.6 is 0 Å². The fraction of sp³-hybridized carbons (Fsp3) is 0.733. The lowest BCUT2D eigenvalue weighted by Gasteiger charge is -2.34. The molecule has 0 spiro atoms. The van der Waals surface area contributed by atoms with Gasteiger partial charge in [0, 0.05) is 31.9 Å². The second kappa shape index (κ2) is 7.15. The van der Waals surface area contributed by atoms with E-state index in [4.69, 9.17) is 9.72 Å². The molecule has 0 bridgehead atoms. The molecule has 0 aliphatic carbocycles. The van der Waals surface area contributed by atoms with Crippen molar-refractivity contribution >= 4 is 5.95 Å². The standard InChI is InChI=1S/C15H24N4O2/c20-12-14-3-1-2-6-19(14)11-13-4-5-16-15(17-13)18-7-9-21-10-8-18/h4-5,14,20H,1-3,6-12H2. The average molecular weight is 292 g/mol. The van der Waals surface area contributed by atoms with E-state index >= 15 is 0 Å². The minimum atomic E-state index is 0.238. The van der Waals surface area contributed by atoms with Crippen LogP contribution in [0.4, 0.5) is 5.95 Å². The van der Waals surface area contributed by atoms with Gasteiger partial charge < -0.3 is 14.7 Å². The van der Waals surface area contributed by atoms with Gasteiger partial charge in [0.2, 0.25) is 5.95 Å². The van der Waals surface area contributed by atoms with Crippen LogP contribution in [0.15, 0.2) is 12.3 Å². The van der Waals surface area contributed by atoms with Gasteiger partial charge in [-0.1, -0.05) is 6.42 Å². The van der Waals surface area contributed by atoms with Crippen molar-refractivity contribution in [3.8, 4) is 0 Å². The average Bonchev–Trinajstić information content (AvgIpc) is 2.56. The molecule has 2 aliphatic rings. The summed E-state index contributed by atoms with van der Waals surface area (Å²) in [6, 6.07) is 2.26. The first-order chi connectivity index (χ1) is 10.4. The molecule has 2 aliphatic heterocycles. The van der Waals surface area contributed by atoms with Crippen molar-refractivity contribution < 1.29 is 9.84 Å². The van der Waals surface area contributed by atoms with E-state index in [1.54, 1.807) is 0 Å². The van der Waals surface area contributed by atoms with E-state index in [9.17, 15) is 5.11 Å². The van der Waals surface area contributed by atoms with E-state index in [1.165, 1.54) is 12.8 Å². The fourth-order valence-corrected chi connectivity index (χ4v) is 3.07. The Bertz CT molecular complexity index is 451. The van der Waals surface area contributed by atoms with Gasteiger partial charge in [-0.2, -0.15) is 0 Å². The maximum atomic E-state index is 9.50. The summed E-state index contributed by atoms with van der Waals surface area (Å²) in [7, 11) is 0. The number of piperidine rings is 1. The molecule has 6 heteroatoms. The highest BCUT2D eigenvalue weighted by Crippen LogP contribution is 2.19. The van der Waals surface area contributed by atoms with Crippen molar-refractivity contribution in [1.29, 1.82) is 0 Å². The van der Waals surface area contributed by atoms with Gasteiger partial charge in [-0.3, -0.25) is 4.90 Å². The van der Waals surface area contributed by atoms with Crippen molar-refractivity contribution in [3.05, 3.63) is 18.0 Å². The molecule has 2 fully saturated rings. The third-order valence-electron chi connectivity index (χ3n) is 4.32. The predicted molar refractivity (Wildman–Crippen MR) is 80.2 cm³/mol. The summed E-state index contributed by atoms with van der Waals surface area (Å²) < 4.78 is 5.37. The topological polar surface area (TPSA) is 61.7 Å². The van der Waals surface area contributed by atoms with E-state index in [2.05, 4.69) is 14.8 Å². The van der Waals surface area contributed by atoms with E-state index in [0.717, 1.165) is 57.5 Å². The van der Waals surface area contributed by atoms with Crippen LogP contribution in [0.2, 0.25) is 0 Å². The summed E-state index contributed by atoms with van der Waals surface area (Å²) >= 11 is 0. The van der Waals surface area contributed by atoms with Crippen LogP contribution in [0.5, 0.6) is 0 Å². The zero-order valence-corrected chi connectivity index (χ0v) is 12.4. The molecule has 1 aromatic heterocycles. The van der Waals surface area contributed by atoms with E-state index in [1.807, 2.05) is 12.3 Å². The fourth-order valence-electron chi connectivity index (χ4n) is 3.07. The number of hydrogen-bond donors (Lipinski definition) is 1. The quantitative estimate of drug-likeness (QED) is 0.880. The van der Waals surface area contributed by atoms with Crippen LogP contribution in [-0.2, 0) is 11.3 Å². The second-order valence-electron chi connectivity index (χ2n) is 5.75. The summed E-state index contributed by atoms with van der Waals surface area (Å²) in [6.45, 7) is 5.27. The van der Waals surface area contributed by atoms with Crippen LogP contribution in [0.25, 0.3) is 0 Å². The van der Waals surface area contributed by atoms with Crippen molar-refractivity contribution in [2.24, 2.45) is 0 Å². The molecule has 1 N–H and O–H groups in total. The van der Waals surface area contributed by atoms with Gasteiger partial charge in [-0.05, 0) is 25.5 Å². The number of aromatic nitrogens is 2. The lowest BCUT2D eigenvalue weighted by molar-refractivity contribution is 0.0830. The van der Waals surface area contributed by atoms with Gasteiger partial charge in [0.05, 0.1) is 25.5 Å². The first kappa shape index (κ1) is 14.7. The Hall–Kier alpha value is -1.24. The largest absolute Gasteiger partial charge is 0.395 e. The van der Waals surface area contributed by atoms with E-state index < -0.39 is 0 Å². The number of morpholine rings is 1. The highest BCUT2D eigenvalue weighted by Gasteiger charge is 2.22. The van der Waals surface area contributed by atoms with Gasteiger partial charge in [0.15, 0.2) is 0 Å². The number of rotatable bonds is 4. The number of likely N-dealkylation sites (tertiary alicyclic amines) is 1. The van der Waals surface area contributed by atoms with Gasteiger partial charge in [0.1, 0.15) is 0 Å². The molecule has 1 atom stereocenters. The van der Waals surface area contributed by atoms with E-state index in [0.29, 0.717) is 0 Å². The minimum absolute atomic E-state index is 0.238. The zero-order chi connectivity index (χ0) is 14.5. The molecule has 6 nitrogen and oxygen atoms in total. The van der Waals surface area contributed by atoms with Crippen LogP contribution in [-0.4, -0.2) is 65.5 Å². The van der Waals surface area contributed by atoms with Crippen molar-refractivity contribution in [2.75, 3.05) is 44.4 Å². The number of hydrogen-bond acceptors (Lipinski definition) is 6. The molecule has 0 saturated carbocycles. The third-order valence-corrected chi connectivity index (χ3v) is 4.32. The Morgan fingerprint density at radius 3 is 2.90 bits per heavy atom. The van der Waals surface area contributed by atoms with Crippen molar-refractivity contribution in [2.45, 2.75) is 31.8 Å². The Morgan fingerprint density at radius 1 is 1.24 bits per heavy atom. The summed E-state index contributed by atoms with van der Waals surface area (Å²) in [5.41, 5.74) is 1.03. The van der Waals surface area contributed by atoms with Gasteiger partial charge in [-0.25, -0.2) is 9.97 Å². The monoisotopic (exact) mass is 292 g/mol. The lowest BCUT2D eigenvalue weighted by atomic mass is 10.0. The van der Waals surface area contributed by atoms with Gasteiger partial charge >= 0.3 is 0 Å². The lowest BCUT2D eigenvalue weighted by Crippen LogP contribution is -2.41. The molecule has 0 amide bonds. The SMILES string of the molecule is OCC1CCCCN1Cc1ccnc(N2CCOCC2)n1. The van der Waals surface area contributed by atoms with E-state index in [-0.39, 0.29) is 12.6 Å². The Morgan fingerprint density at radius 2 is 2.10 bits per heavy atom. The zero-order valence-electron chi connectivity index (χ0n) is 12.4. The minimum Gasteiger partial charge on any atom is -0.395 e. The summed E-state index contributed by atoms with van der Waals surface area (Å²) in [4.78, 5) is 13.6. The predicted octanol–water partition coefficient (Wildman–Crippen LogP) is 0.660. The molecule has 3 heterocycles.